The lowest BCUT2D eigenvalue weighted by atomic mass is 9.99. The predicted octanol–water partition coefficient (Wildman–Crippen LogP) is 13.0. The van der Waals surface area contributed by atoms with Crippen LogP contribution < -0.4 is 0 Å². The third-order valence-corrected chi connectivity index (χ3v) is 9.97. The van der Waals surface area contributed by atoms with Gasteiger partial charge in [0.05, 0.1) is 16.5 Å². The van der Waals surface area contributed by atoms with Crippen molar-refractivity contribution in [3.8, 4) is 73.2 Å². The molecule has 55 heavy (non-hydrogen) atoms. The van der Waals surface area contributed by atoms with Crippen molar-refractivity contribution in [2.45, 2.75) is 0 Å². The maximum Gasteiger partial charge on any atom is 0.164 e. The first-order valence-electron chi connectivity index (χ1n) is 20.2. The van der Waals surface area contributed by atoms with E-state index in [0.29, 0.717) is 34.1 Å². The molecule has 8 aromatic carbocycles. The van der Waals surface area contributed by atoms with Gasteiger partial charge in [-0.05, 0) is 63.7 Å². The first kappa shape index (κ1) is 28.1. The fourth-order valence-electron chi connectivity index (χ4n) is 7.25. The normalized spacial score (nSPS) is 12.3. The molecular weight excluding hydrogens is 669 g/mol. The average molecular weight is 707 g/mol. The van der Waals surface area contributed by atoms with Gasteiger partial charge in [-0.3, -0.25) is 0 Å². The van der Waals surface area contributed by atoms with Crippen LogP contribution in [-0.2, 0) is 0 Å². The van der Waals surface area contributed by atoms with Gasteiger partial charge in [0.1, 0.15) is 0 Å². The van der Waals surface area contributed by atoms with Gasteiger partial charge >= 0.3 is 0 Å². The van der Waals surface area contributed by atoms with Crippen LogP contribution in [0, 0.1) is 0 Å². The molecule has 2 heterocycles. The Morgan fingerprint density at radius 3 is 1.35 bits per heavy atom. The zero-order valence-corrected chi connectivity index (χ0v) is 29.6. The molecule has 0 N–H and O–H groups in total. The van der Waals surface area contributed by atoms with E-state index in [1.54, 1.807) is 0 Å². The van der Waals surface area contributed by atoms with E-state index in [1.807, 2.05) is 120 Å². The van der Waals surface area contributed by atoms with Crippen LogP contribution in [0.2, 0.25) is 0 Å². The number of para-hydroxylation sites is 1. The second-order valence-electron chi connectivity index (χ2n) is 13.4. The number of fused-ring (bicyclic) bond motifs is 3. The van der Waals surface area contributed by atoms with Gasteiger partial charge in [-0.15, -0.1) is 0 Å². The van der Waals surface area contributed by atoms with Gasteiger partial charge in [0.15, 0.2) is 17.5 Å². The number of aromatic nitrogens is 4. The Bertz CT molecular complexity index is 3110. The Morgan fingerprint density at radius 1 is 0.327 bits per heavy atom. The van der Waals surface area contributed by atoms with Crippen LogP contribution in [0.5, 0.6) is 0 Å². The molecule has 4 nitrogen and oxygen atoms in total. The number of benzene rings is 8. The number of hydrogen-bond donors (Lipinski definition) is 0. The highest BCUT2D eigenvalue weighted by atomic mass is 15.0. The summed E-state index contributed by atoms with van der Waals surface area (Å²) in [4.78, 5) is 15.1. The van der Waals surface area contributed by atoms with Crippen molar-refractivity contribution >= 4 is 21.8 Å². The topological polar surface area (TPSA) is 43.6 Å². The lowest BCUT2D eigenvalue weighted by Crippen LogP contribution is -2.01. The second kappa shape index (κ2) is 13.8. The molecule has 2 aromatic heterocycles. The van der Waals surface area contributed by atoms with Crippen molar-refractivity contribution in [3.05, 3.63) is 206 Å². The van der Waals surface area contributed by atoms with Gasteiger partial charge in [0.2, 0.25) is 0 Å². The summed E-state index contributed by atoms with van der Waals surface area (Å²) in [5.74, 6) is 1.55. The Balaban J connectivity index is 1.24. The molecule has 10 rings (SSSR count). The minimum absolute atomic E-state index is 0.0818. The molecule has 0 bridgehead atoms. The summed E-state index contributed by atoms with van der Waals surface area (Å²) in [5, 5.41) is 1.18. The van der Waals surface area contributed by atoms with E-state index in [2.05, 4.69) is 66.7 Å². The SMILES string of the molecule is [2H]c1c([2H])c([2H])c2c(c1[2H])c1ccc(-c3ccc(-c4ccccc4)cc3)cc1n2-c1cc(-c2ccccc2)cc(-c2nc(-c3ccccc3)nc(-c3ccccc3)n2)c1. The fourth-order valence-corrected chi connectivity index (χ4v) is 7.25. The quantitative estimate of drug-likeness (QED) is 0.166. The van der Waals surface area contributed by atoms with Crippen LogP contribution in [0.1, 0.15) is 5.48 Å². The molecule has 10 aromatic rings. The third kappa shape index (κ3) is 6.16. The van der Waals surface area contributed by atoms with E-state index in [-0.39, 0.29) is 24.2 Å². The van der Waals surface area contributed by atoms with Crippen molar-refractivity contribution in [1.82, 2.24) is 19.5 Å². The summed E-state index contributed by atoms with van der Waals surface area (Å²) in [7, 11) is 0. The average Bonchev–Trinajstić information content (AvgIpc) is 3.66. The molecule has 0 aliphatic rings. The van der Waals surface area contributed by atoms with Gasteiger partial charge in [-0.1, -0.05) is 176 Å². The van der Waals surface area contributed by atoms with Crippen LogP contribution in [0.15, 0.2) is 206 Å². The standard InChI is InChI=1S/C51H34N4/c1-5-15-35(16-6-1)37-25-27-38(28-26-37)41-29-30-46-45-23-13-14-24-47(45)55(48(46)34-41)44-32-42(36-17-7-2-8-18-36)31-43(33-44)51-53-49(39-19-9-3-10-20-39)52-50(54-51)40-21-11-4-12-22-40/h1-34H/i13D,14D,23D,24D. The Hall–Kier alpha value is -7.43. The minimum Gasteiger partial charge on any atom is -0.309 e. The Labute approximate surface area is 325 Å². The molecule has 0 unspecified atom stereocenters. The molecule has 0 atom stereocenters. The van der Waals surface area contributed by atoms with Gasteiger partial charge in [-0.25, -0.2) is 15.0 Å². The van der Waals surface area contributed by atoms with E-state index in [9.17, 15) is 1.37 Å². The zero-order chi connectivity index (χ0) is 40.0. The summed E-state index contributed by atoms with van der Waals surface area (Å²) in [6.07, 6.45) is 0. The summed E-state index contributed by atoms with van der Waals surface area (Å²) in [5.41, 5.74) is 10.4. The number of rotatable bonds is 7. The molecular formula is C51H34N4. The Morgan fingerprint density at radius 2 is 0.764 bits per heavy atom. The van der Waals surface area contributed by atoms with E-state index in [4.69, 9.17) is 19.1 Å². The van der Waals surface area contributed by atoms with Crippen LogP contribution >= 0.6 is 0 Å². The zero-order valence-electron chi connectivity index (χ0n) is 33.6. The summed E-state index contributed by atoms with van der Waals surface area (Å²) < 4.78 is 37.9. The van der Waals surface area contributed by atoms with E-state index < -0.39 is 0 Å². The smallest absolute Gasteiger partial charge is 0.164 e. The van der Waals surface area contributed by atoms with Gasteiger partial charge in [-0.2, -0.15) is 0 Å². The molecule has 0 fully saturated rings. The van der Waals surface area contributed by atoms with Crippen molar-refractivity contribution in [2.24, 2.45) is 0 Å². The van der Waals surface area contributed by atoms with Crippen LogP contribution in [-0.4, -0.2) is 19.5 Å². The highest BCUT2D eigenvalue weighted by molar-refractivity contribution is 6.10. The summed E-state index contributed by atoms with van der Waals surface area (Å²) in [6, 6.07) is 60.0. The lowest BCUT2D eigenvalue weighted by molar-refractivity contribution is 1.07. The molecule has 4 heteroatoms. The minimum atomic E-state index is -0.291. The van der Waals surface area contributed by atoms with E-state index in [0.717, 1.165) is 61.0 Å². The first-order valence-corrected chi connectivity index (χ1v) is 18.2. The largest absolute Gasteiger partial charge is 0.309 e. The molecule has 0 aliphatic carbocycles. The Kier molecular flexibility index (Phi) is 7.08. The molecule has 0 aliphatic heterocycles. The third-order valence-electron chi connectivity index (χ3n) is 9.97. The molecule has 258 valence electrons. The van der Waals surface area contributed by atoms with Crippen molar-refractivity contribution in [2.75, 3.05) is 0 Å². The fraction of sp³-hybridized carbons (Fsp3) is 0. The second-order valence-corrected chi connectivity index (χ2v) is 13.4. The summed E-state index contributed by atoms with van der Waals surface area (Å²) >= 11 is 0. The highest BCUT2D eigenvalue weighted by Crippen LogP contribution is 2.38. The molecule has 0 radical (unpaired) electrons. The van der Waals surface area contributed by atoms with Crippen molar-refractivity contribution < 1.29 is 5.48 Å². The molecule has 0 amide bonds. The van der Waals surface area contributed by atoms with Crippen LogP contribution in [0.25, 0.3) is 95.0 Å². The van der Waals surface area contributed by atoms with Crippen LogP contribution in [0.3, 0.4) is 0 Å². The highest BCUT2D eigenvalue weighted by Gasteiger charge is 2.18. The van der Waals surface area contributed by atoms with E-state index >= 15 is 0 Å². The lowest BCUT2D eigenvalue weighted by Gasteiger charge is -2.15. The van der Waals surface area contributed by atoms with Crippen molar-refractivity contribution in [3.63, 3.8) is 0 Å². The van der Waals surface area contributed by atoms with Gasteiger partial charge < -0.3 is 4.57 Å². The molecule has 0 saturated carbocycles. The van der Waals surface area contributed by atoms with Gasteiger partial charge in [0, 0.05) is 33.2 Å². The van der Waals surface area contributed by atoms with Crippen LogP contribution in [0.4, 0.5) is 0 Å². The molecule has 0 spiro atoms. The van der Waals surface area contributed by atoms with Crippen molar-refractivity contribution in [1.29, 1.82) is 0 Å². The number of nitrogens with zero attached hydrogens (tertiary/aromatic N) is 4. The van der Waals surface area contributed by atoms with Gasteiger partial charge in [0.25, 0.3) is 0 Å². The summed E-state index contributed by atoms with van der Waals surface area (Å²) in [6.45, 7) is 0. The monoisotopic (exact) mass is 706 g/mol. The number of hydrogen-bond acceptors (Lipinski definition) is 3. The maximum atomic E-state index is 9.31. The molecule has 0 saturated heterocycles. The first-order chi connectivity index (χ1) is 28.9. The maximum absolute atomic E-state index is 9.31. The predicted molar refractivity (Wildman–Crippen MR) is 227 cm³/mol. The van der Waals surface area contributed by atoms with E-state index in [1.165, 1.54) is 0 Å².